The van der Waals surface area contributed by atoms with E-state index < -0.39 is 0 Å². The lowest BCUT2D eigenvalue weighted by Crippen LogP contribution is -2.17. The molecule has 1 atom stereocenters. The average Bonchev–Trinajstić information content (AvgIpc) is 2.41. The molecule has 1 aromatic carbocycles. The molecule has 2 rings (SSSR count). The SMILES string of the molecule is CCc1nnc(C)cc1C(N)Cc1ccc(F)cc1Cl. The maximum atomic E-state index is 13.0. The van der Waals surface area contributed by atoms with Crippen LogP contribution in [0.15, 0.2) is 24.3 Å². The summed E-state index contributed by atoms with van der Waals surface area (Å²) >= 11 is 6.04. The average molecular weight is 294 g/mol. The molecule has 0 spiro atoms. The van der Waals surface area contributed by atoms with E-state index in [1.807, 2.05) is 19.9 Å². The van der Waals surface area contributed by atoms with Crippen molar-refractivity contribution in [3.63, 3.8) is 0 Å². The van der Waals surface area contributed by atoms with Gasteiger partial charge in [0.2, 0.25) is 0 Å². The Morgan fingerprint density at radius 1 is 1.30 bits per heavy atom. The van der Waals surface area contributed by atoms with Gasteiger partial charge in [-0.25, -0.2) is 4.39 Å². The molecule has 3 nitrogen and oxygen atoms in total. The number of hydrogen-bond donors (Lipinski definition) is 1. The second-order valence-corrected chi connectivity index (χ2v) is 5.19. The first-order valence-corrected chi connectivity index (χ1v) is 6.91. The first-order valence-electron chi connectivity index (χ1n) is 6.54. The molecule has 0 aliphatic carbocycles. The van der Waals surface area contributed by atoms with E-state index in [4.69, 9.17) is 17.3 Å². The summed E-state index contributed by atoms with van der Waals surface area (Å²) in [5.41, 5.74) is 9.78. The van der Waals surface area contributed by atoms with Crippen molar-refractivity contribution in [3.8, 4) is 0 Å². The third kappa shape index (κ3) is 3.32. The van der Waals surface area contributed by atoms with Crippen LogP contribution in [0.25, 0.3) is 0 Å². The predicted molar refractivity (Wildman–Crippen MR) is 78.2 cm³/mol. The standard InChI is InChI=1S/C15H17ClFN3/c1-3-15-12(6-9(2)19-20-15)14(18)7-10-4-5-11(17)8-13(10)16/h4-6,8,14H,3,7,18H2,1-2H3. The number of aromatic nitrogens is 2. The van der Waals surface area contributed by atoms with Gasteiger partial charge in [-0.3, -0.25) is 0 Å². The fourth-order valence-corrected chi connectivity index (χ4v) is 2.41. The van der Waals surface area contributed by atoms with Crippen LogP contribution >= 0.6 is 11.6 Å². The first-order chi connectivity index (χ1) is 9.51. The van der Waals surface area contributed by atoms with Gasteiger partial charge in [0.25, 0.3) is 0 Å². The van der Waals surface area contributed by atoms with Crippen LogP contribution in [0.1, 0.15) is 35.5 Å². The maximum Gasteiger partial charge on any atom is 0.124 e. The Morgan fingerprint density at radius 2 is 2.05 bits per heavy atom. The molecule has 0 fully saturated rings. The van der Waals surface area contributed by atoms with E-state index >= 15 is 0 Å². The molecular weight excluding hydrogens is 277 g/mol. The number of rotatable bonds is 4. The summed E-state index contributed by atoms with van der Waals surface area (Å²) in [5, 5.41) is 8.62. The van der Waals surface area contributed by atoms with Gasteiger partial charge >= 0.3 is 0 Å². The van der Waals surface area contributed by atoms with Crippen LogP contribution in [-0.4, -0.2) is 10.2 Å². The minimum Gasteiger partial charge on any atom is -0.324 e. The van der Waals surface area contributed by atoms with E-state index in [2.05, 4.69) is 10.2 Å². The van der Waals surface area contributed by atoms with Crippen molar-refractivity contribution in [3.05, 3.63) is 57.6 Å². The summed E-state index contributed by atoms with van der Waals surface area (Å²) in [6.45, 7) is 3.90. The lowest BCUT2D eigenvalue weighted by atomic mass is 9.97. The number of halogens is 2. The Labute approximate surface area is 123 Å². The monoisotopic (exact) mass is 293 g/mol. The van der Waals surface area contributed by atoms with Crippen LogP contribution in [0.2, 0.25) is 5.02 Å². The van der Waals surface area contributed by atoms with Gasteiger partial charge in [0.05, 0.1) is 11.4 Å². The van der Waals surface area contributed by atoms with E-state index in [0.29, 0.717) is 11.4 Å². The first kappa shape index (κ1) is 14.9. The van der Waals surface area contributed by atoms with Crippen molar-refractivity contribution in [1.82, 2.24) is 10.2 Å². The molecule has 0 bridgehead atoms. The quantitative estimate of drug-likeness (QED) is 0.940. The van der Waals surface area contributed by atoms with E-state index in [9.17, 15) is 4.39 Å². The Kier molecular flexibility index (Phi) is 4.68. The summed E-state index contributed by atoms with van der Waals surface area (Å²) in [4.78, 5) is 0. The number of nitrogens with two attached hydrogens (primary N) is 1. The molecule has 0 radical (unpaired) electrons. The highest BCUT2D eigenvalue weighted by molar-refractivity contribution is 6.31. The van der Waals surface area contributed by atoms with E-state index in [1.165, 1.54) is 12.1 Å². The second-order valence-electron chi connectivity index (χ2n) is 4.79. The summed E-state index contributed by atoms with van der Waals surface area (Å²) in [7, 11) is 0. The molecule has 1 heterocycles. The number of hydrogen-bond acceptors (Lipinski definition) is 3. The predicted octanol–water partition coefficient (Wildman–Crippen LogP) is 3.38. The number of benzene rings is 1. The molecule has 2 aromatic rings. The summed E-state index contributed by atoms with van der Waals surface area (Å²) < 4.78 is 13.0. The Bertz CT molecular complexity index is 616. The molecule has 1 unspecified atom stereocenters. The van der Waals surface area contributed by atoms with Gasteiger partial charge in [0.15, 0.2) is 0 Å². The Morgan fingerprint density at radius 3 is 2.70 bits per heavy atom. The second kappa shape index (κ2) is 6.29. The van der Waals surface area contributed by atoms with Gasteiger partial charge in [-0.15, -0.1) is 0 Å². The lowest BCUT2D eigenvalue weighted by Gasteiger charge is -2.16. The Hall–Kier alpha value is -1.52. The zero-order valence-electron chi connectivity index (χ0n) is 11.5. The molecule has 0 aliphatic rings. The highest BCUT2D eigenvalue weighted by atomic mass is 35.5. The fourth-order valence-electron chi connectivity index (χ4n) is 2.16. The van der Waals surface area contributed by atoms with Crippen LogP contribution in [0.4, 0.5) is 4.39 Å². The van der Waals surface area contributed by atoms with Crippen molar-refractivity contribution in [2.24, 2.45) is 5.73 Å². The van der Waals surface area contributed by atoms with Gasteiger partial charge in [0.1, 0.15) is 5.82 Å². The zero-order chi connectivity index (χ0) is 14.7. The zero-order valence-corrected chi connectivity index (χ0v) is 12.3. The molecule has 0 amide bonds. The van der Waals surface area contributed by atoms with Gasteiger partial charge in [-0.2, -0.15) is 10.2 Å². The highest BCUT2D eigenvalue weighted by Crippen LogP contribution is 2.24. The number of aryl methyl sites for hydroxylation is 2. The number of nitrogens with zero attached hydrogens (tertiary/aromatic N) is 2. The summed E-state index contributed by atoms with van der Waals surface area (Å²) in [5.74, 6) is -0.344. The van der Waals surface area contributed by atoms with Crippen LogP contribution < -0.4 is 5.73 Å². The van der Waals surface area contributed by atoms with Crippen LogP contribution in [0, 0.1) is 12.7 Å². The molecule has 1 aromatic heterocycles. The molecule has 0 saturated carbocycles. The van der Waals surface area contributed by atoms with Crippen molar-refractivity contribution in [2.75, 3.05) is 0 Å². The van der Waals surface area contributed by atoms with Crippen LogP contribution in [0.5, 0.6) is 0 Å². The highest BCUT2D eigenvalue weighted by Gasteiger charge is 2.15. The normalized spacial score (nSPS) is 12.4. The Balaban J connectivity index is 2.27. The van der Waals surface area contributed by atoms with Crippen molar-refractivity contribution < 1.29 is 4.39 Å². The van der Waals surface area contributed by atoms with Crippen LogP contribution in [-0.2, 0) is 12.8 Å². The third-order valence-electron chi connectivity index (χ3n) is 3.22. The molecule has 0 aliphatic heterocycles. The van der Waals surface area contributed by atoms with Gasteiger partial charge in [0, 0.05) is 11.1 Å². The smallest absolute Gasteiger partial charge is 0.124 e. The molecule has 5 heteroatoms. The largest absolute Gasteiger partial charge is 0.324 e. The van der Waals surface area contributed by atoms with E-state index in [-0.39, 0.29) is 11.9 Å². The van der Waals surface area contributed by atoms with Crippen molar-refractivity contribution >= 4 is 11.6 Å². The van der Waals surface area contributed by atoms with Crippen molar-refractivity contribution in [2.45, 2.75) is 32.7 Å². The molecule has 106 valence electrons. The molecule has 2 N–H and O–H groups in total. The van der Waals surface area contributed by atoms with Crippen molar-refractivity contribution in [1.29, 1.82) is 0 Å². The van der Waals surface area contributed by atoms with Gasteiger partial charge in [-0.05, 0) is 49.1 Å². The van der Waals surface area contributed by atoms with Gasteiger partial charge in [-0.1, -0.05) is 24.6 Å². The third-order valence-corrected chi connectivity index (χ3v) is 3.57. The van der Waals surface area contributed by atoms with E-state index in [0.717, 1.165) is 28.9 Å². The maximum absolute atomic E-state index is 13.0. The molecule has 20 heavy (non-hydrogen) atoms. The minimum atomic E-state index is -0.344. The fraction of sp³-hybridized carbons (Fsp3) is 0.333. The topological polar surface area (TPSA) is 51.8 Å². The summed E-state index contributed by atoms with van der Waals surface area (Å²) in [6, 6.07) is 6.09. The summed E-state index contributed by atoms with van der Waals surface area (Å²) in [6.07, 6.45) is 1.31. The van der Waals surface area contributed by atoms with Crippen LogP contribution in [0.3, 0.4) is 0 Å². The lowest BCUT2D eigenvalue weighted by molar-refractivity contribution is 0.625. The molecule has 0 saturated heterocycles. The van der Waals surface area contributed by atoms with Gasteiger partial charge < -0.3 is 5.73 Å². The minimum absolute atomic E-state index is 0.234. The van der Waals surface area contributed by atoms with E-state index in [1.54, 1.807) is 6.07 Å². The molecular formula is C15H17ClFN3.